The highest BCUT2D eigenvalue weighted by Crippen LogP contribution is 2.14. The van der Waals surface area contributed by atoms with Crippen molar-refractivity contribution in [2.75, 3.05) is 13.2 Å². The minimum Gasteiger partial charge on any atom is -0.396 e. The number of carbonyl (C=O) groups is 1. The Balaban J connectivity index is 1.73. The third kappa shape index (κ3) is 4.23. The summed E-state index contributed by atoms with van der Waals surface area (Å²) >= 11 is 0. The van der Waals surface area contributed by atoms with Gasteiger partial charge in [0.15, 0.2) is 0 Å². The van der Waals surface area contributed by atoms with Gasteiger partial charge >= 0.3 is 0 Å². The number of H-pyrrole nitrogens is 1. The second-order valence-corrected chi connectivity index (χ2v) is 6.58. The molecule has 8 heteroatoms. The zero-order valence-electron chi connectivity index (χ0n) is 15.1. The SMILES string of the molecule is Cc1ccc2c(=O)c(C(=O)NC[C@H](CO)Cc3cc(F)ccc3F)c[nH]c2n1. The van der Waals surface area contributed by atoms with E-state index < -0.39 is 28.9 Å². The van der Waals surface area contributed by atoms with Crippen molar-refractivity contribution in [2.45, 2.75) is 13.3 Å². The van der Waals surface area contributed by atoms with Crippen molar-refractivity contribution in [3.05, 3.63) is 75.2 Å². The first-order valence-electron chi connectivity index (χ1n) is 8.71. The molecular formula is C20H19F2N3O3. The van der Waals surface area contributed by atoms with Gasteiger partial charge in [-0.15, -0.1) is 0 Å². The summed E-state index contributed by atoms with van der Waals surface area (Å²) in [6, 6.07) is 6.35. The molecular weight excluding hydrogens is 368 g/mol. The zero-order chi connectivity index (χ0) is 20.3. The maximum Gasteiger partial charge on any atom is 0.256 e. The summed E-state index contributed by atoms with van der Waals surface area (Å²) < 4.78 is 27.1. The van der Waals surface area contributed by atoms with E-state index in [2.05, 4.69) is 15.3 Å². The number of hydrogen-bond donors (Lipinski definition) is 3. The van der Waals surface area contributed by atoms with Crippen molar-refractivity contribution in [1.29, 1.82) is 0 Å². The lowest BCUT2D eigenvalue weighted by Crippen LogP contribution is -2.34. The van der Waals surface area contributed by atoms with Crippen LogP contribution in [0.15, 0.2) is 41.3 Å². The molecule has 146 valence electrons. The highest BCUT2D eigenvalue weighted by Gasteiger charge is 2.17. The molecule has 0 aliphatic carbocycles. The standard InChI is InChI=1S/C20H19F2N3O3/c1-11-2-4-15-18(27)16(9-23-19(15)25-11)20(28)24-8-12(10-26)6-13-7-14(21)3-5-17(13)22/h2-5,7,9,12,26H,6,8,10H2,1H3,(H,24,28)(H,23,25,27)/t12-/m1/s1. The van der Waals surface area contributed by atoms with Crippen LogP contribution >= 0.6 is 0 Å². The normalized spacial score (nSPS) is 12.1. The van der Waals surface area contributed by atoms with Crippen LogP contribution in [0.4, 0.5) is 8.78 Å². The number of nitrogens with zero attached hydrogens (tertiary/aromatic N) is 1. The monoisotopic (exact) mass is 387 g/mol. The molecule has 1 atom stereocenters. The molecule has 6 nitrogen and oxygen atoms in total. The molecule has 0 fully saturated rings. The Morgan fingerprint density at radius 2 is 2.07 bits per heavy atom. The first-order valence-corrected chi connectivity index (χ1v) is 8.71. The first-order chi connectivity index (χ1) is 13.4. The van der Waals surface area contributed by atoms with E-state index in [1.54, 1.807) is 19.1 Å². The van der Waals surface area contributed by atoms with Gasteiger partial charge in [-0.05, 0) is 49.2 Å². The predicted octanol–water partition coefficient (Wildman–Crippen LogP) is 2.09. The maximum absolute atomic E-state index is 13.8. The molecule has 0 saturated heterocycles. The third-order valence-electron chi connectivity index (χ3n) is 4.45. The van der Waals surface area contributed by atoms with Gasteiger partial charge in [-0.3, -0.25) is 9.59 Å². The van der Waals surface area contributed by atoms with Crippen molar-refractivity contribution >= 4 is 16.9 Å². The van der Waals surface area contributed by atoms with Gasteiger partial charge in [0.05, 0.1) is 5.39 Å². The molecule has 0 radical (unpaired) electrons. The number of aryl methyl sites for hydroxylation is 1. The van der Waals surface area contributed by atoms with Gasteiger partial charge < -0.3 is 15.4 Å². The summed E-state index contributed by atoms with van der Waals surface area (Å²) in [5, 5.41) is 12.4. The van der Waals surface area contributed by atoms with Crippen molar-refractivity contribution < 1.29 is 18.7 Å². The molecule has 0 aliphatic rings. The fourth-order valence-electron chi connectivity index (χ4n) is 2.91. The minimum atomic E-state index is -0.623. The van der Waals surface area contributed by atoms with E-state index in [0.29, 0.717) is 11.0 Å². The number of aromatic nitrogens is 2. The number of benzene rings is 1. The Kier molecular flexibility index (Phi) is 5.79. The quantitative estimate of drug-likeness (QED) is 0.604. The largest absolute Gasteiger partial charge is 0.396 e. The van der Waals surface area contributed by atoms with E-state index in [0.717, 1.165) is 23.9 Å². The lowest BCUT2D eigenvalue weighted by atomic mass is 9.99. The van der Waals surface area contributed by atoms with Gasteiger partial charge in [0.2, 0.25) is 5.43 Å². The fourth-order valence-corrected chi connectivity index (χ4v) is 2.91. The maximum atomic E-state index is 13.8. The highest BCUT2D eigenvalue weighted by atomic mass is 19.1. The molecule has 2 heterocycles. The molecule has 2 aromatic heterocycles. The lowest BCUT2D eigenvalue weighted by Gasteiger charge is -2.15. The van der Waals surface area contributed by atoms with Crippen LogP contribution in [0, 0.1) is 24.5 Å². The average molecular weight is 387 g/mol. The van der Waals surface area contributed by atoms with Crippen LogP contribution in [0.3, 0.4) is 0 Å². The summed E-state index contributed by atoms with van der Waals surface area (Å²) in [6.45, 7) is 1.44. The molecule has 1 aromatic carbocycles. The van der Waals surface area contributed by atoms with Crippen LogP contribution in [-0.4, -0.2) is 34.1 Å². The van der Waals surface area contributed by atoms with E-state index in [1.807, 2.05) is 0 Å². The number of hydrogen-bond acceptors (Lipinski definition) is 4. The number of aromatic amines is 1. The van der Waals surface area contributed by atoms with Crippen molar-refractivity contribution in [1.82, 2.24) is 15.3 Å². The molecule has 3 aromatic rings. The second-order valence-electron chi connectivity index (χ2n) is 6.58. The van der Waals surface area contributed by atoms with E-state index in [1.165, 1.54) is 6.20 Å². The number of nitrogens with one attached hydrogen (secondary N) is 2. The Hall–Kier alpha value is -3.13. The Bertz CT molecular complexity index is 1080. The smallest absolute Gasteiger partial charge is 0.256 e. The number of amides is 1. The number of carbonyl (C=O) groups excluding carboxylic acids is 1. The van der Waals surface area contributed by atoms with Crippen LogP contribution in [0.25, 0.3) is 11.0 Å². The Morgan fingerprint density at radius 3 is 2.82 bits per heavy atom. The molecule has 3 N–H and O–H groups in total. The van der Waals surface area contributed by atoms with Gasteiger partial charge in [-0.25, -0.2) is 13.8 Å². The van der Waals surface area contributed by atoms with Crippen molar-refractivity contribution in [3.8, 4) is 0 Å². The molecule has 0 saturated carbocycles. The molecule has 0 spiro atoms. The van der Waals surface area contributed by atoms with Gasteiger partial charge in [0.25, 0.3) is 5.91 Å². The van der Waals surface area contributed by atoms with Crippen LogP contribution in [0.5, 0.6) is 0 Å². The number of rotatable bonds is 6. The summed E-state index contributed by atoms with van der Waals surface area (Å²) in [4.78, 5) is 31.9. The molecule has 0 aliphatic heterocycles. The van der Waals surface area contributed by atoms with Crippen LogP contribution in [-0.2, 0) is 6.42 Å². The zero-order valence-corrected chi connectivity index (χ0v) is 15.1. The summed E-state index contributed by atoms with van der Waals surface area (Å²) in [5.74, 6) is -2.32. The van der Waals surface area contributed by atoms with E-state index in [4.69, 9.17) is 0 Å². The molecule has 3 rings (SSSR count). The fraction of sp³-hybridized carbons (Fsp3) is 0.250. The van der Waals surface area contributed by atoms with Crippen molar-refractivity contribution in [2.24, 2.45) is 5.92 Å². The summed E-state index contributed by atoms with van der Waals surface area (Å²) in [6.07, 6.45) is 1.32. The van der Waals surface area contributed by atoms with E-state index in [9.17, 15) is 23.5 Å². The number of aliphatic hydroxyl groups excluding tert-OH is 1. The number of pyridine rings is 2. The van der Waals surface area contributed by atoms with Gasteiger partial charge in [-0.1, -0.05) is 0 Å². The number of aliphatic hydroxyl groups is 1. The summed E-state index contributed by atoms with van der Waals surface area (Å²) in [7, 11) is 0. The van der Waals surface area contributed by atoms with Crippen LogP contribution < -0.4 is 10.7 Å². The molecule has 28 heavy (non-hydrogen) atoms. The van der Waals surface area contributed by atoms with Gasteiger partial charge in [0, 0.05) is 31.0 Å². The van der Waals surface area contributed by atoms with Crippen LogP contribution in [0.2, 0.25) is 0 Å². The highest BCUT2D eigenvalue weighted by molar-refractivity contribution is 5.96. The number of halogens is 2. The van der Waals surface area contributed by atoms with E-state index >= 15 is 0 Å². The van der Waals surface area contributed by atoms with Gasteiger partial charge in [0.1, 0.15) is 22.8 Å². The molecule has 1 amide bonds. The lowest BCUT2D eigenvalue weighted by molar-refractivity contribution is 0.0938. The van der Waals surface area contributed by atoms with Crippen molar-refractivity contribution in [3.63, 3.8) is 0 Å². The van der Waals surface area contributed by atoms with Gasteiger partial charge in [-0.2, -0.15) is 0 Å². The van der Waals surface area contributed by atoms with Crippen LogP contribution in [0.1, 0.15) is 21.6 Å². The predicted molar refractivity (Wildman–Crippen MR) is 100 cm³/mol. The summed E-state index contributed by atoms with van der Waals surface area (Å²) in [5.41, 5.74) is 0.674. The average Bonchev–Trinajstić information content (AvgIpc) is 2.67. The van der Waals surface area contributed by atoms with E-state index in [-0.39, 0.29) is 30.7 Å². The third-order valence-corrected chi connectivity index (χ3v) is 4.45. The molecule has 0 unspecified atom stereocenters. The second kappa shape index (κ2) is 8.26. The Labute approximate surface area is 159 Å². The number of fused-ring (bicyclic) bond motifs is 1. The topological polar surface area (TPSA) is 95.1 Å². The Morgan fingerprint density at radius 1 is 1.29 bits per heavy atom. The minimum absolute atomic E-state index is 0.00505. The molecule has 0 bridgehead atoms. The first kappa shape index (κ1) is 19.6.